The number of hydrogen-bond donors (Lipinski definition) is 1. The Kier molecular flexibility index (Phi) is 2.90. The van der Waals surface area contributed by atoms with Crippen LogP contribution in [0.1, 0.15) is 12.8 Å². The molecule has 0 amide bonds. The molecular formula is C10H11N3O4. The van der Waals surface area contributed by atoms with Crippen LogP contribution in [-0.2, 0) is 4.79 Å². The van der Waals surface area contributed by atoms with Gasteiger partial charge in [0.2, 0.25) is 5.82 Å². The molecule has 0 saturated heterocycles. The summed E-state index contributed by atoms with van der Waals surface area (Å²) in [5.41, 5.74) is -0.152. The minimum Gasteiger partial charge on any atom is -0.480 e. The van der Waals surface area contributed by atoms with Crippen LogP contribution in [-0.4, -0.2) is 33.6 Å². The number of anilines is 1. The first-order valence-electron chi connectivity index (χ1n) is 5.17. The standard InChI is InChI=1S/C10H11N3O4/c14-9(15)6-12(7-3-4-7)10-8(13(16)17)2-1-5-11-10/h1-2,5,7H,3-4,6H2,(H,14,15). The van der Waals surface area contributed by atoms with Gasteiger partial charge >= 0.3 is 11.7 Å². The summed E-state index contributed by atoms with van der Waals surface area (Å²) in [7, 11) is 0. The van der Waals surface area contributed by atoms with Gasteiger partial charge in [-0.15, -0.1) is 0 Å². The molecule has 17 heavy (non-hydrogen) atoms. The van der Waals surface area contributed by atoms with Crippen molar-refractivity contribution in [2.24, 2.45) is 0 Å². The van der Waals surface area contributed by atoms with E-state index in [4.69, 9.17) is 5.11 Å². The first-order valence-corrected chi connectivity index (χ1v) is 5.17. The lowest BCUT2D eigenvalue weighted by Crippen LogP contribution is -2.32. The van der Waals surface area contributed by atoms with Gasteiger partial charge in [-0.1, -0.05) is 0 Å². The van der Waals surface area contributed by atoms with Gasteiger partial charge in [-0.2, -0.15) is 0 Å². The number of hydrogen-bond acceptors (Lipinski definition) is 5. The third kappa shape index (κ3) is 2.49. The Morgan fingerprint density at radius 3 is 2.88 bits per heavy atom. The Morgan fingerprint density at radius 1 is 1.65 bits per heavy atom. The molecule has 0 atom stereocenters. The molecule has 1 N–H and O–H groups in total. The van der Waals surface area contributed by atoms with Gasteiger partial charge in [-0.3, -0.25) is 14.9 Å². The van der Waals surface area contributed by atoms with Gasteiger partial charge in [0.25, 0.3) is 0 Å². The molecule has 1 aromatic rings. The van der Waals surface area contributed by atoms with Gasteiger partial charge < -0.3 is 10.0 Å². The number of aromatic nitrogens is 1. The molecule has 7 nitrogen and oxygen atoms in total. The second-order valence-electron chi connectivity index (χ2n) is 3.86. The van der Waals surface area contributed by atoms with Crippen LogP contribution in [0.15, 0.2) is 18.3 Å². The predicted octanol–water partition coefficient (Wildman–Crippen LogP) is 1.04. The monoisotopic (exact) mass is 237 g/mol. The van der Waals surface area contributed by atoms with Crippen LogP contribution in [0.25, 0.3) is 0 Å². The molecule has 1 aliphatic rings. The first kappa shape index (κ1) is 11.3. The topological polar surface area (TPSA) is 96.6 Å². The summed E-state index contributed by atoms with van der Waals surface area (Å²) in [5.74, 6) is -0.876. The average Bonchev–Trinajstić information content (AvgIpc) is 3.09. The Bertz CT molecular complexity index is 459. The number of rotatable bonds is 5. The molecule has 1 heterocycles. The maximum atomic E-state index is 10.8. The fourth-order valence-corrected chi connectivity index (χ4v) is 1.66. The quantitative estimate of drug-likeness (QED) is 0.607. The lowest BCUT2D eigenvalue weighted by atomic mass is 10.3. The minimum atomic E-state index is -1.02. The molecule has 1 fully saturated rings. The molecule has 0 bridgehead atoms. The van der Waals surface area contributed by atoms with Gasteiger partial charge in [-0.05, 0) is 18.9 Å². The molecule has 0 aromatic carbocycles. The molecule has 0 aliphatic heterocycles. The van der Waals surface area contributed by atoms with Crippen molar-refractivity contribution in [3.05, 3.63) is 28.4 Å². The summed E-state index contributed by atoms with van der Waals surface area (Å²) in [5, 5.41) is 19.7. The highest BCUT2D eigenvalue weighted by Crippen LogP contribution is 2.34. The fourth-order valence-electron chi connectivity index (χ4n) is 1.66. The molecule has 1 aromatic heterocycles. The zero-order valence-corrected chi connectivity index (χ0v) is 8.94. The van der Waals surface area contributed by atoms with E-state index in [9.17, 15) is 14.9 Å². The SMILES string of the molecule is O=C(O)CN(c1ncccc1[N+](=O)[O-])C1CC1. The summed E-state index contributed by atoms with van der Waals surface area (Å²) in [6.45, 7) is -0.261. The largest absolute Gasteiger partial charge is 0.480 e. The number of carboxylic acid groups (broad SMARTS) is 1. The third-order valence-electron chi connectivity index (χ3n) is 2.53. The molecule has 7 heteroatoms. The third-order valence-corrected chi connectivity index (χ3v) is 2.53. The van der Waals surface area contributed by atoms with Crippen molar-refractivity contribution in [2.45, 2.75) is 18.9 Å². The van der Waals surface area contributed by atoms with E-state index < -0.39 is 10.9 Å². The lowest BCUT2D eigenvalue weighted by molar-refractivity contribution is -0.384. The molecule has 1 saturated carbocycles. The summed E-state index contributed by atoms with van der Waals surface area (Å²) >= 11 is 0. The molecule has 2 rings (SSSR count). The Hall–Kier alpha value is -2.18. The lowest BCUT2D eigenvalue weighted by Gasteiger charge is -2.20. The summed E-state index contributed by atoms with van der Waals surface area (Å²) in [4.78, 5) is 26.5. The number of carbonyl (C=O) groups is 1. The average molecular weight is 237 g/mol. The Labute approximate surface area is 96.8 Å². The van der Waals surface area contributed by atoms with Crippen molar-refractivity contribution >= 4 is 17.5 Å². The van der Waals surface area contributed by atoms with E-state index in [2.05, 4.69) is 4.98 Å². The van der Waals surface area contributed by atoms with Gasteiger partial charge in [0.1, 0.15) is 6.54 Å². The van der Waals surface area contributed by atoms with E-state index in [1.54, 1.807) is 0 Å². The zero-order valence-electron chi connectivity index (χ0n) is 8.94. The molecular weight excluding hydrogens is 226 g/mol. The number of nitrogens with zero attached hydrogens (tertiary/aromatic N) is 3. The van der Waals surface area contributed by atoms with Crippen LogP contribution in [0.5, 0.6) is 0 Å². The molecule has 0 unspecified atom stereocenters. The van der Waals surface area contributed by atoms with Crippen molar-refractivity contribution < 1.29 is 14.8 Å². The van der Waals surface area contributed by atoms with Crippen molar-refractivity contribution in [3.63, 3.8) is 0 Å². The number of nitro groups is 1. The summed E-state index contributed by atoms with van der Waals surface area (Å²) in [6.07, 6.45) is 3.13. The Morgan fingerprint density at radius 2 is 2.35 bits per heavy atom. The second-order valence-corrected chi connectivity index (χ2v) is 3.86. The second kappa shape index (κ2) is 4.36. The van der Waals surface area contributed by atoms with Crippen molar-refractivity contribution in [1.29, 1.82) is 0 Å². The van der Waals surface area contributed by atoms with Crippen LogP contribution < -0.4 is 4.90 Å². The normalized spacial score (nSPS) is 14.4. The number of carboxylic acids is 1. The number of aliphatic carboxylic acids is 1. The molecule has 0 radical (unpaired) electrons. The maximum absolute atomic E-state index is 10.8. The van der Waals surface area contributed by atoms with Crippen LogP contribution in [0.3, 0.4) is 0 Å². The highest BCUT2D eigenvalue weighted by molar-refractivity contribution is 5.75. The smallest absolute Gasteiger partial charge is 0.323 e. The highest BCUT2D eigenvalue weighted by Gasteiger charge is 2.34. The zero-order chi connectivity index (χ0) is 12.4. The maximum Gasteiger partial charge on any atom is 0.323 e. The predicted molar refractivity (Wildman–Crippen MR) is 58.9 cm³/mol. The minimum absolute atomic E-state index is 0.0553. The van der Waals surface area contributed by atoms with Crippen LogP contribution >= 0.6 is 0 Å². The van der Waals surface area contributed by atoms with E-state index in [1.807, 2.05) is 0 Å². The fraction of sp³-hybridized carbons (Fsp3) is 0.400. The first-order chi connectivity index (χ1) is 8.09. The van der Waals surface area contributed by atoms with E-state index in [0.717, 1.165) is 12.8 Å². The summed E-state index contributed by atoms with van der Waals surface area (Å²) < 4.78 is 0. The number of pyridine rings is 1. The van der Waals surface area contributed by atoms with Gasteiger partial charge in [0.15, 0.2) is 0 Å². The van der Waals surface area contributed by atoms with E-state index in [-0.39, 0.29) is 24.1 Å². The molecule has 0 spiro atoms. The van der Waals surface area contributed by atoms with Crippen molar-refractivity contribution in [1.82, 2.24) is 4.98 Å². The van der Waals surface area contributed by atoms with Crippen LogP contribution in [0.2, 0.25) is 0 Å². The molecule has 90 valence electrons. The highest BCUT2D eigenvalue weighted by atomic mass is 16.6. The van der Waals surface area contributed by atoms with E-state index in [1.165, 1.54) is 23.2 Å². The van der Waals surface area contributed by atoms with E-state index >= 15 is 0 Å². The summed E-state index contributed by atoms with van der Waals surface area (Å²) in [6, 6.07) is 2.85. The van der Waals surface area contributed by atoms with Crippen molar-refractivity contribution in [2.75, 3.05) is 11.4 Å². The van der Waals surface area contributed by atoms with Gasteiger partial charge in [0.05, 0.1) is 4.92 Å². The Balaban J connectivity index is 2.34. The van der Waals surface area contributed by atoms with E-state index in [0.29, 0.717) is 0 Å². The van der Waals surface area contributed by atoms with Crippen LogP contribution in [0, 0.1) is 10.1 Å². The molecule has 1 aliphatic carbocycles. The van der Waals surface area contributed by atoms with Gasteiger partial charge in [-0.25, -0.2) is 4.98 Å². The van der Waals surface area contributed by atoms with Crippen molar-refractivity contribution in [3.8, 4) is 0 Å². The van der Waals surface area contributed by atoms with Gasteiger partial charge in [0, 0.05) is 18.3 Å². The van der Waals surface area contributed by atoms with Crippen LogP contribution in [0.4, 0.5) is 11.5 Å².